The molecule has 10 heteroatoms. The van der Waals surface area contributed by atoms with Crippen LogP contribution in [0.15, 0.2) is 24.3 Å². The third kappa shape index (κ3) is 8.45. The fraction of sp³-hybridized carbons (Fsp3) is 0.600. The number of alkyl carbamates (subject to hydrolysis) is 1. The Labute approximate surface area is 206 Å². The summed E-state index contributed by atoms with van der Waals surface area (Å²) in [6.45, 7) is 10.5. The van der Waals surface area contributed by atoms with Crippen molar-refractivity contribution in [1.82, 2.24) is 15.5 Å². The highest BCUT2D eigenvalue weighted by molar-refractivity contribution is 5.95. The van der Waals surface area contributed by atoms with Crippen LogP contribution in [-0.4, -0.2) is 57.0 Å². The minimum atomic E-state index is -1.33. The maximum absolute atomic E-state index is 13.9. The van der Waals surface area contributed by atoms with E-state index in [1.54, 1.807) is 32.9 Å². The quantitative estimate of drug-likeness (QED) is 0.439. The average Bonchev–Trinajstić information content (AvgIpc) is 2.61. The molecular weight excluding hydrogens is 452 g/mol. The Hall–Kier alpha value is -3.30. The second-order valence-corrected chi connectivity index (χ2v) is 10.9. The number of hydrogen-bond donors (Lipinski definition) is 4. The summed E-state index contributed by atoms with van der Waals surface area (Å²) in [6.07, 6.45) is 0.828. The molecule has 1 aromatic carbocycles. The van der Waals surface area contributed by atoms with E-state index in [2.05, 4.69) is 10.6 Å². The van der Waals surface area contributed by atoms with Crippen LogP contribution in [0.2, 0.25) is 0 Å². The zero-order chi connectivity index (χ0) is 26.6. The predicted octanol–water partition coefficient (Wildman–Crippen LogP) is 2.50. The number of nitrogens with one attached hydrogen (secondary N) is 2. The van der Waals surface area contributed by atoms with Gasteiger partial charge in [0.25, 0.3) is 0 Å². The van der Waals surface area contributed by atoms with Gasteiger partial charge in [-0.2, -0.15) is 0 Å². The number of amides is 4. The first kappa shape index (κ1) is 27.9. The van der Waals surface area contributed by atoms with Gasteiger partial charge in [0.2, 0.25) is 17.7 Å². The summed E-state index contributed by atoms with van der Waals surface area (Å²) >= 11 is 0. The van der Waals surface area contributed by atoms with Gasteiger partial charge in [-0.15, -0.1) is 0 Å². The number of nitrogens with zero attached hydrogens (tertiary/aromatic N) is 1. The number of benzene rings is 1. The molecule has 0 aliphatic heterocycles. The highest BCUT2D eigenvalue weighted by atomic mass is 16.6. The molecule has 0 saturated heterocycles. The van der Waals surface area contributed by atoms with E-state index in [1.807, 2.05) is 20.8 Å². The van der Waals surface area contributed by atoms with Crippen LogP contribution in [0.5, 0.6) is 5.75 Å². The number of carbonyl (C=O) groups is 4. The number of phenols is 1. The number of hydrogen-bond acceptors (Lipinski definition) is 6. The van der Waals surface area contributed by atoms with Gasteiger partial charge in [0.1, 0.15) is 23.4 Å². The van der Waals surface area contributed by atoms with Gasteiger partial charge in [-0.05, 0) is 78.5 Å². The van der Waals surface area contributed by atoms with Crippen molar-refractivity contribution in [3.05, 3.63) is 29.8 Å². The molecule has 194 valence electrons. The number of carbonyl (C=O) groups excluding carboxylic acids is 4. The molecule has 0 radical (unpaired) electrons. The lowest BCUT2D eigenvalue weighted by molar-refractivity contribution is -0.148. The molecule has 0 bridgehead atoms. The van der Waals surface area contributed by atoms with Crippen LogP contribution in [0.4, 0.5) is 4.79 Å². The van der Waals surface area contributed by atoms with Gasteiger partial charge in [0.15, 0.2) is 0 Å². The van der Waals surface area contributed by atoms with Gasteiger partial charge in [0, 0.05) is 11.6 Å². The summed E-state index contributed by atoms with van der Waals surface area (Å²) in [5.74, 6) is -1.92. The lowest BCUT2D eigenvalue weighted by atomic mass is 9.87. The molecule has 2 rings (SSSR count). The second kappa shape index (κ2) is 11.0. The van der Waals surface area contributed by atoms with Crippen LogP contribution in [0, 0.1) is 0 Å². The molecule has 1 aliphatic carbocycles. The van der Waals surface area contributed by atoms with E-state index in [1.165, 1.54) is 17.0 Å². The maximum Gasteiger partial charge on any atom is 0.408 e. The second-order valence-electron chi connectivity index (χ2n) is 10.9. The van der Waals surface area contributed by atoms with Gasteiger partial charge in [-0.1, -0.05) is 12.1 Å². The van der Waals surface area contributed by atoms with Crippen LogP contribution in [-0.2, 0) is 19.1 Å². The summed E-state index contributed by atoms with van der Waals surface area (Å²) in [7, 11) is 0. The van der Waals surface area contributed by atoms with Crippen molar-refractivity contribution in [1.29, 1.82) is 0 Å². The van der Waals surface area contributed by atoms with E-state index >= 15 is 0 Å². The summed E-state index contributed by atoms with van der Waals surface area (Å²) in [5, 5.41) is 15.5. The van der Waals surface area contributed by atoms with Crippen molar-refractivity contribution in [2.75, 3.05) is 0 Å². The molecule has 2 unspecified atom stereocenters. The van der Waals surface area contributed by atoms with Crippen LogP contribution >= 0.6 is 0 Å². The summed E-state index contributed by atoms with van der Waals surface area (Å²) in [4.78, 5) is 53.1. The third-order valence-corrected chi connectivity index (χ3v) is 5.33. The Bertz CT molecular complexity index is 946. The Kier molecular flexibility index (Phi) is 8.75. The summed E-state index contributed by atoms with van der Waals surface area (Å²) in [6, 6.07) is 3.41. The van der Waals surface area contributed by atoms with Crippen molar-refractivity contribution in [2.24, 2.45) is 5.73 Å². The normalized spacial score (nSPS) is 15.8. The van der Waals surface area contributed by atoms with Gasteiger partial charge in [0.05, 0.1) is 6.42 Å². The van der Waals surface area contributed by atoms with Gasteiger partial charge < -0.3 is 31.1 Å². The first-order valence-electron chi connectivity index (χ1n) is 11.8. The molecule has 0 spiro atoms. The maximum atomic E-state index is 13.9. The number of rotatable bonds is 8. The number of nitrogens with two attached hydrogens (primary N) is 1. The molecule has 35 heavy (non-hydrogen) atoms. The standard InChI is InChI=1S/C25H38N4O6/c1-24(2,3)28-21(32)20(15-9-7-12-17(30)13-15)29(16-10-8-11-16)22(33)18(14-19(26)31)27-23(34)35-25(4,5)6/h7,9,12-13,16,18,20,30H,8,10-11,14H2,1-6H3,(H2,26,31)(H,27,34)(H,28,32). The highest BCUT2D eigenvalue weighted by Gasteiger charge is 2.43. The van der Waals surface area contributed by atoms with Crippen molar-refractivity contribution >= 4 is 23.8 Å². The van der Waals surface area contributed by atoms with Crippen molar-refractivity contribution < 1.29 is 29.0 Å². The number of primary amides is 1. The van der Waals surface area contributed by atoms with Crippen LogP contribution in [0.1, 0.15) is 78.8 Å². The molecule has 1 fully saturated rings. The van der Waals surface area contributed by atoms with Gasteiger partial charge in [-0.3, -0.25) is 14.4 Å². The van der Waals surface area contributed by atoms with Crippen LogP contribution in [0.25, 0.3) is 0 Å². The molecule has 10 nitrogen and oxygen atoms in total. The average molecular weight is 491 g/mol. The minimum absolute atomic E-state index is 0.0577. The number of phenolic OH excluding ortho intramolecular Hbond substituents is 1. The SMILES string of the molecule is CC(C)(C)NC(=O)C(c1cccc(O)c1)N(C(=O)C(CC(N)=O)NC(=O)OC(C)(C)C)C1CCC1. The third-order valence-electron chi connectivity index (χ3n) is 5.33. The molecule has 0 heterocycles. The Morgan fingerprint density at radius 2 is 1.77 bits per heavy atom. The van der Waals surface area contributed by atoms with E-state index in [9.17, 15) is 24.3 Å². The predicted molar refractivity (Wildman–Crippen MR) is 130 cm³/mol. The van der Waals surface area contributed by atoms with Crippen molar-refractivity contribution in [2.45, 2.75) is 96.5 Å². The number of aromatic hydroxyl groups is 1. The highest BCUT2D eigenvalue weighted by Crippen LogP contribution is 2.35. The zero-order valence-corrected chi connectivity index (χ0v) is 21.4. The first-order chi connectivity index (χ1) is 16.1. The Balaban J connectivity index is 2.51. The molecule has 1 aromatic rings. The Morgan fingerprint density at radius 3 is 2.23 bits per heavy atom. The largest absolute Gasteiger partial charge is 0.508 e. The van der Waals surface area contributed by atoms with Crippen molar-refractivity contribution in [3.8, 4) is 5.75 Å². The molecule has 0 aromatic heterocycles. The molecule has 5 N–H and O–H groups in total. The first-order valence-corrected chi connectivity index (χ1v) is 11.8. The summed E-state index contributed by atoms with van der Waals surface area (Å²) in [5.41, 5.74) is 4.38. The molecule has 2 atom stereocenters. The zero-order valence-electron chi connectivity index (χ0n) is 21.4. The number of ether oxygens (including phenoxy) is 1. The van der Waals surface area contributed by atoms with E-state index in [-0.39, 0.29) is 11.8 Å². The van der Waals surface area contributed by atoms with E-state index < -0.39 is 53.5 Å². The molecular formula is C25H38N4O6. The van der Waals surface area contributed by atoms with Gasteiger partial charge >= 0.3 is 6.09 Å². The van der Waals surface area contributed by atoms with Crippen LogP contribution in [0.3, 0.4) is 0 Å². The topological polar surface area (TPSA) is 151 Å². The summed E-state index contributed by atoms with van der Waals surface area (Å²) < 4.78 is 5.27. The van der Waals surface area contributed by atoms with E-state index in [0.717, 1.165) is 6.42 Å². The van der Waals surface area contributed by atoms with Gasteiger partial charge in [-0.25, -0.2) is 4.79 Å². The fourth-order valence-corrected chi connectivity index (χ4v) is 3.79. The minimum Gasteiger partial charge on any atom is -0.508 e. The van der Waals surface area contributed by atoms with Crippen molar-refractivity contribution in [3.63, 3.8) is 0 Å². The molecule has 1 aliphatic rings. The molecule has 4 amide bonds. The molecule has 1 saturated carbocycles. The van der Waals surface area contributed by atoms with E-state index in [4.69, 9.17) is 10.5 Å². The monoisotopic (exact) mass is 490 g/mol. The lowest BCUT2D eigenvalue weighted by Crippen LogP contribution is -2.59. The lowest BCUT2D eigenvalue weighted by Gasteiger charge is -2.44. The Morgan fingerprint density at radius 1 is 1.14 bits per heavy atom. The smallest absolute Gasteiger partial charge is 0.408 e. The van der Waals surface area contributed by atoms with Crippen LogP contribution < -0.4 is 16.4 Å². The fourth-order valence-electron chi connectivity index (χ4n) is 3.79. The van der Waals surface area contributed by atoms with E-state index in [0.29, 0.717) is 18.4 Å².